The van der Waals surface area contributed by atoms with Crippen LogP contribution in [0.2, 0.25) is 0 Å². The van der Waals surface area contributed by atoms with E-state index in [1.807, 2.05) is 0 Å². The highest BCUT2D eigenvalue weighted by Gasteiger charge is 2.32. The average Bonchev–Trinajstić information content (AvgIpc) is 2.90. The summed E-state index contributed by atoms with van der Waals surface area (Å²) in [7, 11) is -4.05. The first-order chi connectivity index (χ1) is 10.2. The normalized spacial score (nSPS) is 16.7. The van der Waals surface area contributed by atoms with Crippen molar-refractivity contribution in [1.82, 2.24) is 10.3 Å². The Balaban J connectivity index is 2.04. The van der Waals surface area contributed by atoms with E-state index < -0.39 is 38.3 Å². The molecule has 1 heterocycles. The maximum absolute atomic E-state index is 12.4. The molecule has 1 N–H and O–H groups in total. The second kappa shape index (κ2) is 6.23. The van der Waals surface area contributed by atoms with Crippen LogP contribution in [-0.2, 0) is 20.8 Å². The first-order valence-electron chi connectivity index (χ1n) is 6.74. The van der Waals surface area contributed by atoms with Gasteiger partial charge >= 0.3 is 6.18 Å². The fourth-order valence-electron chi connectivity index (χ4n) is 2.32. The quantitative estimate of drug-likeness (QED) is 0.911. The number of amides is 1. The van der Waals surface area contributed by atoms with Gasteiger partial charge in [-0.2, -0.15) is 13.2 Å². The standard InChI is InChI=1S/C13H15F3N2O3S/c14-13(15,16)9-5-6-12(17-7-9)22(20,21)8-11(19)18-10-3-1-2-4-10/h5-7,10H,1-4,8H2,(H,18,19). The van der Waals surface area contributed by atoms with Gasteiger partial charge in [0.25, 0.3) is 0 Å². The highest BCUT2D eigenvalue weighted by Crippen LogP contribution is 2.28. The number of nitrogens with one attached hydrogen (secondary N) is 1. The fraction of sp³-hybridized carbons (Fsp3) is 0.538. The third-order valence-electron chi connectivity index (χ3n) is 3.42. The molecule has 1 amide bonds. The molecule has 0 unspecified atom stereocenters. The molecule has 2 rings (SSSR count). The summed E-state index contributed by atoms with van der Waals surface area (Å²) in [6.07, 6.45) is -0.554. The van der Waals surface area contributed by atoms with Crippen LogP contribution >= 0.6 is 0 Å². The second-order valence-corrected chi connectivity index (χ2v) is 7.13. The highest BCUT2D eigenvalue weighted by atomic mass is 32.2. The van der Waals surface area contributed by atoms with Crippen LogP contribution in [0.5, 0.6) is 0 Å². The summed E-state index contributed by atoms with van der Waals surface area (Å²) in [6, 6.07) is 1.37. The van der Waals surface area contributed by atoms with Crippen LogP contribution in [0.25, 0.3) is 0 Å². The molecule has 0 radical (unpaired) electrons. The van der Waals surface area contributed by atoms with E-state index in [9.17, 15) is 26.4 Å². The van der Waals surface area contributed by atoms with Gasteiger partial charge < -0.3 is 5.32 Å². The molecule has 0 spiro atoms. The predicted octanol–water partition coefficient (Wildman–Crippen LogP) is 1.93. The van der Waals surface area contributed by atoms with E-state index >= 15 is 0 Å². The van der Waals surface area contributed by atoms with Crippen molar-refractivity contribution in [1.29, 1.82) is 0 Å². The number of hydrogen-bond acceptors (Lipinski definition) is 4. The van der Waals surface area contributed by atoms with Gasteiger partial charge in [0.05, 0.1) is 5.56 Å². The average molecular weight is 336 g/mol. The van der Waals surface area contributed by atoms with Gasteiger partial charge in [-0.1, -0.05) is 12.8 Å². The summed E-state index contributed by atoms with van der Waals surface area (Å²) >= 11 is 0. The molecule has 0 aliphatic heterocycles. The monoisotopic (exact) mass is 336 g/mol. The molecule has 9 heteroatoms. The van der Waals surface area contributed by atoms with Gasteiger partial charge in [-0.15, -0.1) is 0 Å². The van der Waals surface area contributed by atoms with Crippen molar-refractivity contribution >= 4 is 15.7 Å². The molecule has 0 atom stereocenters. The number of halogens is 3. The molecule has 1 fully saturated rings. The fourth-order valence-corrected chi connectivity index (χ4v) is 3.38. The van der Waals surface area contributed by atoms with Gasteiger partial charge in [-0.05, 0) is 25.0 Å². The first kappa shape index (κ1) is 16.7. The molecule has 22 heavy (non-hydrogen) atoms. The van der Waals surface area contributed by atoms with Crippen LogP contribution in [0, 0.1) is 0 Å². The zero-order valence-corrected chi connectivity index (χ0v) is 12.4. The summed E-state index contributed by atoms with van der Waals surface area (Å²) in [6.45, 7) is 0. The van der Waals surface area contributed by atoms with E-state index in [0.717, 1.165) is 31.7 Å². The lowest BCUT2D eigenvalue weighted by Gasteiger charge is -2.12. The zero-order chi connectivity index (χ0) is 16.4. The minimum atomic E-state index is -4.59. The second-order valence-electron chi connectivity index (χ2n) is 5.19. The molecular weight excluding hydrogens is 321 g/mol. The van der Waals surface area contributed by atoms with E-state index in [2.05, 4.69) is 10.3 Å². The van der Waals surface area contributed by atoms with E-state index in [-0.39, 0.29) is 6.04 Å². The summed E-state index contributed by atoms with van der Waals surface area (Å²) in [5, 5.41) is 2.07. The molecule has 1 aromatic heterocycles. The van der Waals surface area contributed by atoms with Crippen LogP contribution in [-0.4, -0.2) is 31.1 Å². The summed E-state index contributed by atoms with van der Waals surface area (Å²) < 4.78 is 61.1. The molecule has 1 aliphatic rings. The Bertz CT molecular complexity index is 635. The zero-order valence-electron chi connectivity index (χ0n) is 11.6. The first-order valence-corrected chi connectivity index (χ1v) is 8.39. The number of pyridine rings is 1. The van der Waals surface area contributed by atoms with Crippen LogP contribution in [0.3, 0.4) is 0 Å². The van der Waals surface area contributed by atoms with E-state index in [1.54, 1.807) is 0 Å². The Morgan fingerprint density at radius 3 is 2.41 bits per heavy atom. The SMILES string of the molecule is O=C(CS(=O)(=O)c1ccc(C(F)(F)F)cn1)NC1CCCC1. The number of aromatic nitrogens is 1. The molecule has 1 aromatic rings. The van der Waals surface area contributed by atoms with Crippen molar-refractivity contribution in [3.63, 3.8) is 0 Å². The Kier molecular flexibility index (Phi) is 4.74. The molecule has 1 saturated carbocycles. The molecule has 0 saturated heterocycles. The lowest BCUT2D eigenvalue weighted by Crippen LogP contribution is -2.37. The Labute approximate surface area is 125 Å². The third kappa shape index (κ3) is 4.19. The maximum atomic E-state index is 12.4. The van der Waals surface area contributed by atoms with Crippen LogP contribution in [0.1, 0.15) is 31.2 Å². The number of rotatable bonds is 4. The van der Waals surface area contributed by atoms with Gasteiger partial charge in [0.1, 0.15) is 5.75 Å². The van der Waals surface area contributed by atoms with Crippen molar-refractivity contribution in [2.75, 3.05) is 5.75 Å². The number of nitrogens with zero attached hydrogens (tertiary/aromatic N) is 1. The van der Waals surface area contributed by atoms with Gasteiger partial charge in [0, 0.05) is 12.2 Å². The number of carbonyl (C=O) groups is 1. The van der Waals surface area contributed by atoms with Crippen molar-refractivity contribution in [3.05, 3.63) is 23.9 Å². The lowest BCUT2D eigenvalue weighted by molar-refractivity contribution is -0.137. The summed E-state index contributed by atoms with van der Waals surface area (Å²) in [5.41, 5.74) is -1.04. The smallest absolute Gasteiger partial charge is 0.352 e. The van der Waals surface area contributed by atoms with Crippen molar-refractivity contribution < 1.29 is 26.4 Å². The van der Waals surface area contributed by atoms with Gasteiger partial charge in [-0.3, -0.25) is 4.79 Å². The largest absolute Gasteiger partial charge is 0.417 e. The third-order valence-corrected chi connectivity index (χ3v) is 4.94. The van der Waals surface area contributed by atoms with Crippen molar-refractivity contribution in [2.24, 2.45) is 0 Å². The summed E-state index contributed by atoms with van der Waals surface area (Å²) in [5.74, 6) is -1.48. The minimum Gasteiger partial charge on any atom is -0.352 e. The predicted molar refractivity (Wildman–Crippen MR) is 71.7 cm³/mol. The molecule has 1 aliphatic carbocycles. The van der Waals surface area contributed by atoms with E-state index in [4.69, 9.17) is 0 Å². The number of alkyl halides is 3. The lowest BCUT2D eigenvalue weighted by atomic mass is 10.2. The number of sulfone groups is 1. The highest BCUT2D eigenvalue weighted by molar-refractivity contribution is 7.92. The van der Waals surface area contributed by atoms with E-state index in [1.165, 1.54) is 0 Å². The topological polar surface area (TPSA) is 76.1 Å². The number of hydrogen-bond donors (Lipinski definition) is 1. The Morgan fingerprint density at radius 1 is 1.27 bits per heavy atom. The van der Waals surface area contributed by atoms with E-state index in [0.29, 0.717) is 12.3 Å². The van der Waals surface area contributed by atoms with Crippen LogP contribution in [0.15, 0.2) is 23.4 Å². The molecule has 0 aromatic carbocycles. The van der Waals surface area contributed by atoms with Crippen molar-refractivity contribution in [3.8, 4) is 0 Å². The van der Waals surface area contributed by atoms with Gasteiger partial charge in [0.15, 0.2) is 5.03 Å². The van der Waals surface area contributed by atoms with Gasteiger partial charge in [-0.25, -0.2) is 13.4 Å². The Morgan fingerprint density at radius 2 is 1.91 bits per heavy atom. The molecular formula is C13H15F3N2O3S. The molecule has 0 bridgehead atoms. The molecule has 122 valence electrons. The summed E-state index contributed by atoms with van der Waals surface area (Å²) in [4.78, 5) is 15.0. The van der Waals surface area contributed by atoms with Crippen LogP contribution < -0.4 is 5.32 Å². The minimum absolute atomic E-state index is 0.0248. The maximum Gasteiger partial charge on any atom is 0.417 e. The van der Waals surface area contributed by atoms with Crippen LogP contribution in [0.4, 0.5) is 13.2 Å². The molecule has 5 nitrogen and oxygen atoms in total. The number of carbonyl (C=O) groups excluding carboxylic acids is 1. The van der Waals surface area contributed by atoms with Crippen molar-refractivity contribution in [2.45, 2.75) is 42.9 Å². The Hall–Kier alpha value is -1.64. The van der Waals surface area contributed by atoms with Gasteiger partial charge in [0.2, 0.25) is 15.7 Å².